The van der Waals surface area contributed by atoms with Gasteiger partial charge in [0.25, 0.3) is 0 Å². The molecule has 3 heteroatoms. The van der Waals surface area contributed by atoms with Crippen molar-refractivity contribution in [2.45, 2.75) is 51.0 Å². The number of carbonyl (C=O) groups is 1. The molecule has 86 valence electrons. The highest BCUT2D eigenvalue weighted by molar-refractivity contribution is 9.09. The van der Waals surface area contributed by atoms with Crippen LogP contribution in [0.3, 0.4) is 0 Å². The molecule has 2 aliphatic rings. The van der Waals surface area contributed by atoms with Crippen LogP contribution in [0, 0.1) is 5.92 Å². The second-order valence-electron chi connectivity index (χ2n) is 4.78. The van der Waals surface area contributed by atoms with Crippen molar-refractivity contribution in [1.29, 1.82) is 0 Å². The van der Waals surface area contributed by atoms with Crippen LogP contribution in [0.5, 0.6) is 0 Å². The highest BCUT2D eigenvalue weighted by Gasteiger charge is 2.34. The van der Waals surface area contributed by atoms with Crippen molar-refractivity contribution in [3.63, 3.8) is 0 Å². The molecule has 15 heavy (non-hydrogen) atoms. The first-order valence-electron chi connectivity index (χ1n) is 6.18. The zero-order valence-electron chi connectivity index (χ0n) is 9.25. The lowest BCUT2D eigenvalue weighted by Gasteiger charge is -2.44. The summed E-state index contributed by atoms with van der Waals surface area (Å²) < 4.78 is 0. The molecule has 2 fully saturated rings. The molecular weight excluding hydrogens is 254 g/mol. The first-order chi connectivity index (χ1) is 7.33. The number of nitrogens with zero attached hydrogens (tertiary/aromatic N) is 1. The van der Waals surface area contributed by atoms with E-state index in [9.17, 15) is 4.79 Å². The number of likely N-dealkylation sites (tertiary alicyclic amines) is 1. The Morgan fingerprint density at radius 1 is 1.20 bits per heavy atom. The number of carbonyl (C=O) groups excluding carboxylic acids is 1. The maximum atomic E-state index is 11.9. The van der Waals surface area contributed by atoms with Crippen molar-refractivity contribution < 1.29 is 4.79 Å². The molecule has 0 aromatic carbocycles. The Kier molecular flexibility index (Phi) is 4.06. The standard InChI is InChI=1S/C12H20BrNO/c13-8-7-12(15)14-9-3-5-10-4-1-2-6-11(10)14/h10-11H,1-9H2. The van der Waals surface area contributed by atoms with Gasteiger partial charge in [-0.1, -0.05) is 28.8 Å². The van der Waals surface area contributed by atoms with Gasteiger partial charge in [-0.2, -0.15) is 0 Å². The Bertz CT molecular complexity index is 230. The molecule has 2 atom stereocenters. The van der Waals surface area contributed by atoms with E-state index >= 15 is 0 Å². The average Bonchev–Trinajstić information content (AvgIpc) is 2.28. The van der Waals surface area contributed by atoms with Crippen LogP contribution in [0.25, 0.3) is 0 Å². The molecular formula is C12H20BrNO. The van der Waals surface area contributed by atoms with Crippen LogP contribution in [0.15, 0.2) is 0 Å². The number of hydrogen-bond acceptors (Lipinski definition) is 1. The highest BCUT2D eigenvalue weighted by Crippen LogP contribution is 2.35. The van der Waals surface area contributed by atoms with Crippen molar-refractivity contribution in [3.8, 4) is 0 Å². The van der Waals surface area contributed by atoms with E-state index in [1.165, 1.54) is 38.5 Å². The van der Waals surface area contributed by atoms with Crippen molar-refractivity contribution in [2.75, 3.05) is 11.9 Å². The topological polar surface area (TPSA) is 20.3 Å². The summed E-state index contributed by atoms with van der Waals surface area (Å²) in [4.78, 5) is 14.1. The Hall–Kier alpha value is -0.0500. The molecule has 1 aliphatic carbocycles. The van der Waals surface area contributed by atoms with Crippen molar-refractivity contribution in [3.05, 3.63) is 0 Å². The molecule has 1 heterocycles. The minimum absolute atomic E-state index is 0.364. The molecule has 0 spiro atoms. The summed E-state index contributed by atoms with van der Waals surface area (Å²) in [6.07, 6.45) is 8.53. The van der Waals surface area contributed by atoms with Gasteiger partial charge in [-0.15, -0.1) is 0 Å². The number of halogens is 1. The van der Waals surface area contributed by atoms with Gasteiger partial charge < -0.3 is 4.90 Å². The molecule has 1 aliphatic heterocycles. The summed E-state index contributed by atoms with van der Waals surface area (Å²) in [5, 5.41) is 0.805. The zero-order chi connectivity index (χ0) is 10.7. The summed E-state index contributed by atoms with van der Waals surface area (Å²) in [5.41, 5.74) is 0. The lowest BCUT2D eigenvalue weighted by molar-refractivity contribution is -0.137. The SMILES string of the molecule is O=C(CCBr)N1CCCC2CCCCC21. The third kappa shape index (κ3) is 2.55. The minimum Gasteiger partial charge on any atom is -0.339 e. The van der Waals surface area contributed by atoms with Gasteiger partial charge in [0.2, 0.25) is 5.91 Å². The first kappa shape index (κ1) is 11.4. The zero-order valence-corrected chi connectivity index (χ0v) is 10.8. The fraction of sp³-hybridized carbons (Fsp3) is 0.917. The van der Waals surface area contributed by atoms with Crippen LogP contribution in [0.4, 0.5) is 0 Å². The number of alkyl halides is 1. The molecule has 0 bridgehead atoms. The molecule has 0 aromatic heterocycles. The second-order valence-corrected chi connectivity index (χ2v) is 5.57. The lowest BCUT2D eigenvalue weighted by atomic mass is 9.78. The Balaban J connectivity index is 2.00. The number of rotatable bonds is 2. The van der Waals surface area contributed by atoms with E-state index in [0.717, 1.165) is 17.8 Å². The average molecular weight is 274 g/mol. The smallest absolute Gasteiger partial charge is 0.223 e. The van der Waals surface area contributed by atoms with Crippen LogP contribution < -0.4 is 0 Å². The molecule has 0 N–H and O–H groups in total. The molecule has 1 saturated carbocycles. The fourth-order valence-corrected chi connectivity index (χ4v) is 3.50. The molecule has 2 nitrogen and oxygen atoms in total. The molecule has 0 aromatic rings. The number of amides is 1. The summed E-state index contributed by atoms with van der Waals surface area (Å²) in [5.74, 6) is 1.18. The maximum Gasteiger partial charge on any atom is 0.223 e. The van der Waals surface area contributed by atoms with E-state index in [2.05, 4.69) is 20.8 Å². The first-order valence-corrected chi connectivity index (χ1v) is 7.30. The monoisotopic (exact) mass is 273 g/mol. The van der Waals surface area contributed by atoms with Crippen molar-refractivity contribution in [1.82, 2.24) is 4.90 Å². The fourth-order valence-electron chi connectivity index (χ4n) is 3.16. The normalized spacial score (nSPS) is 31.1. The number of hydrogen-bond donors (Lipinski definition) is 0. The van der Waals surface area contributed by atoms with Crippen LogP contribution >= 0.6 is 15.9 Å². The van der Waals surface area contributed by atoms with Gasteiger partial charge in [0.15, 0.2) is 0 Å². The van der Waals surface area contributed by atoms with Crippen LogP contribution in [0.2, 0.25) is 0 Å². The van der Waals surface area contributed by atoms with Gasteiger partial charge in [-0.3, -0.25) is 4.79 Å². The van der Waals surface area contributed by atoms with Gasteiger partial charge in [-0.05, 0) is 31.6 Å². The number of fused-ring (bicyclic) bond motifs is 1. The van der Waals surface area contributed by atoms with Gasteiger partial charge in [0.1, 0.15) is 0 Å². The van der Waals surface area contributed by atoms with E-state index in [1.807, 2.05) is 0 Å². The third-order valence-electron chi connectivity index (χ3n) is 3.87. The van der Waals surface area contributed by atoms with E-state index in [0.29, 0.717) is 18.4 Å². The van der Waals surface area contributed by atoms with Crippen LogP contribution in [-0.4, -0.2) is 28.7 Å². The summed E-state index contributed by atoms with van der Waals surface area (Å²) in [6.45, 7) is 1.01. The van der Waals surface area contributed by atoms with Crippen molar-refractivity contribution >= 4 is 21.8 Å². The highest BCUT2D eigenvalue weighted by atomic mass is 79.9. The predicted octanol–water partition coefficient (Wildman–Crippen LogP) is 2.95. The van der Waals surface area contributed by atoms with Gasteiger partial charge in [0, 0.05) is 24.3 Å². The van der Waals surface area contributed by atoms with E-state index < -0.39 is 0 Å². The lowest BCUT2D eigenvalue weighted by Crippen LogP contribution is -2.49. The van der Waals surface area contributed by atoms with Crippen molar-refractivity contribution in [2.24, 2.45) is 5.92 Å². The van der Waals surface area contributed by atoms with E-state index in [4.69, 9.17) is 0 Å². The summed E-state index contributed by atoms with van der Waals surface area (Å²) in [6, 6.07) is 0.582. The molecule has 1 saturated heterocycles. The van der Waals surface area contributed by atoms with Gasteiger partial charge in [-0.25, -0.2) is 0 Å². The third-order valence-corrected chi connectivity index (χ3v) is 4.27. The predicted molar refractivity (Wildman–Crippen MR) is 65.1 cm³/mol. The molecule has 1 amide bonds. The quantitative estimate of drug-likeness (QED) is 0.709. The Morgan fingerprint density at radius 3 is 2.73 bits per heavy atom. The molecule has 0 radical (unpaired) electrons. The van der Waals surface area contributed by atoms with Crippen LogP contribution in [0.1, 0.15) is 44.9 Å². The Morgan fingerprint density at radius 2 is 1.93 bits per heavy atom. The second kappa shape index (κ2) is 5.33. The molecule has 2 unspecified atom stereocenters. The van der Waals surface area contributed by atoms with E-state index in [-0.39, 0.29) is 0 Å². The summed E-state index contributed by atoms with van der Waals surface area (Å²) >= 11 is 3.36. The summed E-state index contributed by atoms with van der Waals surface area (Å²) in [7, 11) is 0. The molecule has 2 rings (SSSR count). The maximum absolute atomic E-state index is 11.9. The largest absolute Gasteiger partial charge is 0.339 e. The van der Waals surface area contributed by atoms with Gasteiger partial charge in [0.05, 0.1) is 0 Å². The van der Waals surface area contributed by atoms with Crippen LogP contribution in [-0.2, 0) is 4.79 Å². The Labute approximate surface area is 101 Å². The van der Waals surface area contributed by atoms with Gasteiger partial charge >= 0.3 is 0 Å². The number of piperidine rings is 1. The van der Waals surface area contributed by atoms with E-state index in [1.54, 1.807) is 0 Å². The minimum atomic E-state index is 0.364.